The van der Waals surface area contributed by atoms with Crippen molar-refractivity contribution in [2.45, 2.75) is 39.7 Å². The van der Waals surface area contributed by atoms with Crippen LogP contribution in [0.25, 0.3) is 6.08 Å². The van der Waals surface area contributed by atoms with Crippen LogP contribution in [0.2, 0.25) is 10.0 Å². The Morgan fingerprint density at radius 2 is 1.94 bits per heavy atom. The Labute approximate surface area is 120 Å². The fourth-order valence-electron chi connectivity index (χ4n) is 1.51. The Balaban J connectivity index is 2.87. The van der Waals surface area contributed by atoms with Crippen LogP contribution in [0.4, 0.5) is 0 Å². The zero-order valence-corrected chi connectivity index (χ0v) is 13.0. The van der Waals surface area contributed by atoms with Crippen LogP contribution in [-0.4, -0.2) is 12.1 Å². The summed E-state index contributed by atoms with van der Waals surface area (Å²) in [4.78, 5) is 0. The Morgan fingerprint density at radius 1 is 1.28 bits per heavy atom. The minimum absolute atomic E-state index is 0.117. The molecule has 0 amide bonds. The quantitative estimate of drug-likeness (QED) is 0.804. The van der Waals surface area contributed by atoms with Gasteiger partial charge in [0.1, 0.15) is 0 Å². The van der Waals surface area contributed by atoms with Gasteiger partial charge in [-0.15, -0.1) is 0 Å². The van der Waals surface area contributed by atoms with Crippen molar-refractivity contribution in [3.05, 3.63) is 39.4 Å². The summed E-state index contributed by atoms with van der Waals surface area (Å²) < 4.78 is 0. The second-order valence-electron chi connectivity index (χ2n) is 5.40. The van der Waals surface area contributed by atoms with Crippen LogP contribution in [-0.2, 0) is 0 Å². The normalized spacial score (nSPS) is 12.9. The number of halogens is 2. The van der Waals surface area contributed by atoms with Gasteiger partial charge in [-0.2, -0.15) is 0 Å². The Hall–Kier alpha value is -0.500. The molecule has 0 aromatic heterocycles. The first-order chi connectivity index (χ1) is 8.33. The molecule has 1 N–H and O–H groups in total. The monoisotopic (exact) mass is 285 g/mol. The fraction of sp³-hybridized carbons (Fsp3) is 0.467. The molecule has 0 saturated carbocycles. The molecule has 100 valence electrons. The molecule has 0 aliphatic heterocycles. The van der Waals surface area contributed by atoms with Crippen molar-refractivity contribution in [2.75, 3.05) is 6.54 Å². The Morgan fingerprint density at radius 3 is 2.50 bits per heavy atom. The first-order valence-electron chi connectivity index (χ1n) is 6.22. The highest BCUT2D eigenvalue weighted by Crippen LogP contribution is 2.27. The third-order valence-electron chi connectivity index (χ3n) is 2.64. The maximum Gasteiger partial charge on any atom is 0.0664 e. The average Bonchev–Trinajstić information content (AvgIpc) is 2.28. The maximum atomic E-state index is 6.19. The highest BCUT2D eigenvalue weighted by atomic mass is 35.5. The van der Waals surface area contributed by atoms with Gasteiger partial charge in [-0.05, 0) is 38.8 Å². The van der Waals surface area contributed by atoms with E-state index >= 15 is 0 Å². The number of nitrogens with one attached hydrogen (secondary N) is 1. The van der Waals surface area contributed by atoms with Crippen LogP contribution >= 0.6 is 23.2 Å². The van der Waals surface area contributed by atoms with Crippen molar-refractivity contribution in [1.29, 1.82) is 0 Å². The van der Waals surface area contributed by atoms with Crippen LogP contribution in [0.1, 0.15) is 39.7 Å². The minimum atomic E-state index is 0.117. The first kappa shape index (κ1) is 15.6. The van der Waals surface area contributed by atoms with Crippen LogP contribution in [0.3, 0.4) is 0 Å². The molecule has 0 aliphatic carbocycles. The van der Waals surface area contributed by atoms with E-state index in [1.165, 1.54) is 5.57 Å². The largest absolute Gasteiger partial charge is 0.308 e. The summed E-state index contributed by atoms with van der Waals surface area (Å²) in [5.74, 6) is 0. The number of rotatable bonds is 4. The summed E-state index contributed by atoms with van der Waals surface area (Å²) in [7, 11) is 0. The first-order valence-corrected chi connectivity index (χ1v) is 6.97. The van der Waals surface area contributed by atoms with Gasteiger partial charge in [-0.1, -0.05) is 53.9 Å². The van der Waals surface area contributed by atoms with E-state index in [4.69, 9.17) is 23.2 Å². The third-order valence-corrected chi connectivity index (χ3v) is 3.47. The lowest BCUT2D eigenvalue weighted by molar-refractivity contribution is 0.443. The second-order valence-corrected chi connectivity index (χ2v) is 6.19. The second kappa shape index (κ2) is 6.60. The van der Waals surface area contributed by atoms with E-state index in [9.17, 15) is 0 Å². The van der Waals surface area contributed by atoms with Gasteiger partial charge in [0.2, 0.25) is 0 Å². The van der Waals surface area contributed by atoms with Crippen molar-refractivity contribution in [2.24, 2.45) is 0 Å². The molecule has 1 nitrogen and oxygen atoms in total. The standard InChI is InChI=1S/C15H21Cl2N/c1-5-11(10-18-15(2,3)4)9-12-7-6-8-13(16)14(12)17/h6-9,18H,5,10H2,1-4H3. The number of hydrogen-bond donors (Lipinski definition) is 1. The number of benzene rings is 1. The van der Waals surface area contributed by atoms with Crippen molar-refractivity contribution in [1.82, 2.24) is 5.32 Å². The van der Waals surface area contributed by atoms with Crippen LogP contribution in [0, 0.1) is 0 Å². The zero-order valence-electron chi connectivity index (χ0n) is 11.5. The summed E-state index contributed by atoms with van der Waals surface area (Å²) >= 11 is 12.2. The predicted octanol–water partition coefficient (Wildman–Crippen LogP) is 5.17. The summed E-state index contributed by atoms with van der Waals surface area (Å²) in [5.41, 5.74) is 2.41. The van der Waals surface area contributed by atoms with E-state index in [1.54, 1.807) is 6.07 Å². The SMILES string of the molecule is CCC(=Cc1cccc(Cl)c1Cl)CNC(C)(C)C. The predicted molar refractivity (Wildman–Crippen MR) is 82.5 cm³/mol. The molecule has 0 radical (unpaired) electrons. The van der Waals surface area contributed by atoms with Gasteiger partial charge in [0, 0.05) is 12.1 Å². The van der Waals surface area contributed by atoms with E-state index in [0.29, 0.717) is 10.0 Å². The molecule has 0 bridgehead atoms. The Kier molecular flexibility index (Phi) is 5.71. The lowest BCUT2D eigenvalue weighted by Crippen LogP contribution is -2.36. The molecule has 0 spiro atoms. The molecule has 1 aromatic rings. The van der Waals surface area contributed by atoms with Crippen molar-refractivity contribution in [3.8, 4) is 0 Å². The van der Waals surface area contributed by atoms with Crippen molar-refractivity contribution >= 4 is 29.3 Å². The molecule has 1 rings (SSSR count). The molecular weight excluding hydrogens is 265 g/mol. The minimum Gasteiger partial charge on any atom is -0.308 e. The molecular formula is C15H21Cl2N. The zero-order chi connectivity index (χ0) is 13.8. The van der Waals surface area contributed by atoms with E-state index in [-0.39, 0.29) is 5.54 Å². The number of hydrogen-bond acceptors (Lipinski definition) is 1. The van der Waals surface area contributed by atoms with Crippen LogP contribution in [0.5, 0.6) is 0 Å². The smallest absolute Gasteiger partial charge is 0.0664 e. The van der Waals surface area contributed by atoms with Gasteiger partial charge >= 0.3 is 0 Å². The molecule has 0 atom stereocenters. The van der Waals surface area contributed by atoms with Gasteiger partial charge in [0.05, 0.1) is 10.0 Å². The van der Waals surface area contributed by atoms with Crippen LogP contribution in [0.15, 0.2) is 23.8 Å². The van der Waals surface area contributed by atoms with E-state index < -0.39 is 0 Å². The average molecular weight is 286 g/mol. The molecule has 0 unspecified atom stereocenters. The van der Waals surface area contributed by atoms with Gasteiger partial charge in [0.15, 0.2) is 0 Å². The molecule has 0 fully saturated rings. The van der Waals surface area contributed by atoms with Crippen LogP contribution < -0.4 is 5.32 Å². The molecule has 3 heteroatoms. The Bertz CT molecular complexity index is 431. The topological polar surface area (TPSA) is 12.0 Å². The molecule has 0 heterocycles. The van der Waals surface area contributed by atoms with Gasteiger partial charge < -0.3 is 5.32 Å². The molecule has 0 saturated heterocycles. The van der Waals surface area contributed by atoms with Gasteiger partial charge in [0.25, 0.3) is 0 Å². The van der Waals surface area contributed by atoms with E-state index in [1.807, 2.05) is 12.1 Å². The molecule has 18 heavy (non-hydrogen) atoms. The summed E-state index contributed by atoms with van der Waals surface area (Å²) in [5, 5.41) is 4.71. The highest BCUT2D eigenvalue weighted by Gasteiger charge is 2.09. The van der Waals surface area contributed by atoms with Gasteiger partial charge in [-0.3, -0.25) is 0 Å². The summed E-state index contributed by atoms with van der Waals surface area (Å²) in [6, 6.07) is 5.71. The molecule has 0 aliphatic rings. The summed E-state index contributed by atoms with van der Waals surface area (Å²) in [6.45, 7) is 9.49. The third kappa shape index (κ3) is 5.01. The molecule has 1 aromatic carbocycles. The lowest BCUT2D eigenvalue weighted by Gasteiger charge is -2.21. The summed E-state index contributed by atoms with van der Waals surface area (Å²) in [6.07, 6.45) is 3.11. The lowest BCUT2D eigenvalue weighted by atomic mass is 10.1. The van der Waals surface area contributed by atoms with Crippen molar-refractivity contribution in [3.63, 3.8) is 0 Å². The van der Waals surface area contributed by atoms with Gasteiger partial charge in [-0.25, -0.2) is 0 Å². The highest BCUT2D eigenvalue weighted by molar-refractivity contribution is 6.42. The van der Waals surface area contributed by atoms with Crippen molar-refractivity contribution < 1.29 is 0 Å². The maximum absolute atomic E-state index is 6.19. The van der Waals surface area contributed by atoms with E-state index in [2.05, 4.69) is 39.1 Å². The fourth-order valence-corrected chi connectivity index (χ4v) is 1.87. The van der Waals surface area contributed by atoms with E-state index in [0.717, 1.165) is 18.5 Å².